The first-order valence-electron chi connectivity index (χ1n) is 6.62. The molecule has 1 aliphatic rings. The molecular weight excluding hydrogens is 216 g/mol. The smallest absolute Gasteiger partial charge is 0.407 e. The van der Waals surface area contributed by atoms with Crippen LogP contribution in [0.25, 0.3) is 0 Å². The molecule has 1 saturated carbocycles. The maximum atomic E-state index is 11.5. The molecule has 1 amide bonds. The first-order valence-corrected chi connectivity index (χ1v) is 6.62. The van der Waals surface area contributed by atoms with Crippen LogP contribution in [0.1, 0.15) is 47.0 Å². The standard InChI is InChI=1S/C13H26N2O2/c1-5-14-11-8-6-7-10(11)9-15-12(16)17-13(2,3)4/h10-11,14H,5-9H2,1-4H3,(H,15,16). The minimum atomic E-state index is -0.416. The molecule has 100 valence electrons. The molecule has 2 unspecified atom stereocenters. The van der Waals surface area contributed by atoms with Crippen LogP contribution in [0.3, 0.4) is 0 Å². The van der Waals surface area contributed by atoms with Gasteiger partial charge in [0, 0.05) is 12.6 Å². The van der Waals surface area contributed by atoms with Crippen LogP contribution in [-0.4, -0.2) is 30.8 Å². The third-order valence-electron chi connectivity index (χ3n) is 3.03. The van der Waals surface area contributed by atoms with Crippen molar-refractivity contribution < 1.29 is 9.53 Å². The van der Waals surface area contributed by atoms with E-state index in [2.05, 4.69) is 17.6 Å². The van der Waals surface area contributed by atoms with E-state index in [1.54, 1.807) is 0 Å². The summed E-state index contributed by atoms with van der Waals surface area (Å²) >= 11 is 0. The molecule has 17 heavy (non-hydrogen) atoms. The Balaban J connectivity index is 2.27. The number of amides is 1. The van der Waals surface area contributed by atoms with Crippen molar-refractivity contribution in [2.24, 2.45) is 5.92 Å². The fraction of sp³-hybridized carbons (Fsp3) is 0.923. The van der Waals surface area contributed by atoms with Crippen LogP contribution in [0.15, 0.2) is 0 Å². The molecule has 0 radical (unpaired) electrons. The summed E-state index contributed by atoms with van der Waals surface area (Å²) in [5, 5.41) is 6.34. The lowest BCUT2D eigenvalue weighted by Gasteiger charge is -2.23. The van der Waals surface area contributed by atoms with Crippen LogP contribution >= 0.6 is 0 Å². The lowest BCUT2D eigenvalue weighted by Crippen LogP contribution is -2.40. The zero-order valence-corrected chi connectivity index (χ0v) is 11.5. The average Bonchev–Trinajstić information content (AvgIpc) is 2.60. The number of alkyl carbamates (subject to hydrolysis) is 1. The quantitative estimate of drug-likeness (QED) is 0.795. The normalized spacial score (nSPS) is 24.7. The minimum absolute atomic E-state index is 0.306. The van der Waals surface area contributed by atoms with Gasteiger partial charge in [0.1, 0.15) is 5.60 Å². The summed E-state index contributed by atoms with van der Waals surface area (Å²) in [6.07, 6.45) is 3.35. The van der Waals surface area contributed by atoms with Gasteiger partial charge < -0.3 is 15.4 Å². The zero-order valence-electron chi connectivity index (χ0n) is 11.5. The van der Waals surface area contributed by atoms with Gasteiger partial charge in [0.15, 0.2) is 0 Å². The molecule has 0 heterocycles. The second kappa shape index (κ2) is 6.24. The maximum Gasteiger partial charge on any atom is 0.407 e. The summed E-state index contributed by atoms with van der Waals surface area (Å²) in [6, 6.07) is 0.551. The molecule has 2 atom stereocenters. The Hall–Kier alpha value is -0.770. The first-order chi connectivity index (χ1) is 7.92. The van der Waals surface area contributed by atoms with Gasteiger partial charge in [-0.15, -0.1) is 0 Å². The molecule has 0 aromatic rings. The van der Waals surface area contributed by atoms with E-state index in [1.165, 1.54) is 19.3 Å². The predicted octanol–water partition coefficient (Wildman–Crippen LogP) is 2.29. The van der Waals surface area contributed by atoms with Crippen LogP contribution in [0.2, 0.25) is 0 Å². The van der Waals surface area contributed by atoms with E-state index >= 15 is 0 Å². The molecule has 0 aromatic carbocycles. The Labute approximate surface area is 104 Å². The van der Waals surface area contributed by atoms with Crippen molar-refractivity contribution in [3.05, 3.63) is 0 Å². The Morgan fingerprint density at radius 3 is 2.65 bits per heavy atom. The fourth-order valence-corrected chi connectivity index (χ4v) is 2.34. The number of carbonyl (C=O) groups is 1. The SMILES string of the molecule is CCNC1CCCC1CNC(=O)OC(C)(C)C. The highest BCUT2D eigenvalue weighted by molar-refractivity contribution is 5.67. The molecule has 1 fully saturated rings. The topological polar surface area (TPSA) is 50.4 Å². The number of hydrogen-bond donors (Lipinski definition) is 2. The van der Waals surface area contributed by atoms with E-state index in [9.17, 15) is 4.79 Å². The van der Waals surface area contributed by atoms with Gasteiger partial charge in [0.05, 0.1) is 0 Å². The molecule has 1 rings (SSSR count). The third-order valence-corrected chi connectivity index (χ3v) is 3.03. The fourth-order valence-electron chi connectivity index (χ4n) is 2.34. The van der Waals surface area contributed by atoms with Crippen LogP contribution in [0.5, 0.6) is 0 Å². The number of rotatable bonds is 4. The molecule has 0 aliphatic heterocycles. The van der Waals surface area contributed by atoms with Crippen molar-refractivity contribution in [2.45, 2.75) is 58.6 Å². The van der Waals surface area contributed by atoms with Crippen molar-refractivity contribution in [3.63, 3.8) is 0 Å². The van der Waals surface area contributed by atoms with E-state index in [1.807, 2.05) is 20.8 Å². The minimum Gasteiger partial charge on any atom is -0.444 e. The Morgan fingerprint density at radius 2 is 2.06 bits per heavy atom. The maximum absolute atomic E-state index is 11.5. The molecule has 0 bridgehead atoms. The molecule has 4 heteroatoms. The summed E-state index contributed by atoms with van der Waals surface area (Å²) in [6.45, 7) is 9.47. The van der Waals surface area contributed by atoms with Gasteiger partial charge in [-0.1, -0.05) is 13.3 Å². The second-order valence-electron chi connectivity index (χ2n) is 5.74. The third kappa shape index (κ3) is 5.39. The van der Waals surface area contributed by atoms with E-state index in [0.29, 0.717) is 18.5 Å². The largest absolute Gasteiger partial charge is 0.444 e. The first kappa shape index (κ1) is 14.3. The van der Waals surface area contributed by atoms with Crippen molar-refractivity contribution in [1.82, 2.24) is 10.6 Å². The molecular formula is C13H26N2O2. The van der Waals surface area contributed by atoms with Crippen molar-refractivity contribution in [2.75, 3.05) is 13.1 Å². The highest BCUT2D eigenvalue weighted by Gasteiger charge is 2.27. The molecule has 0 aromatic heterocycles. The predicted molar refractivity (Wildman–Crippen MR) is 69.0 cm³/mol. The Morgan fingerprint density at radius 1 is 1.35 bits per heavy atom. The number of ether oxygens (including phenoxy) is 1. The van der Waals surface area contributed by atoms with Crippen LogP contribution in [-0.2, 0) is 4.74 Å². The number of carbonyl (C=O) groups excluding carboxylic acids is 1. The van der Waals surface area contributed by atoms with Gasteiger partial charge in [-0.25, -0.2) is 4.79 Å². The lowest BCUT2D eigenvalue weighted by molar-refractivity contribution is 0.0517. The monoisotopic (exact) mass is 242 g/mol. The summed E-state index contributed by atoms with van der Waals surface area (Å²) in [5.41, 5.74) is -0.416. The van der Waals surface area contributed by atoms with E-state index in [-0.39, 0.29) is 6.09 Å². The van der Waals surface area contributed by atoms with Gasteiger partial charge >= 0.3 is 6.09 Å². The van der Waals surface area contributed by atoms with Crippen LogP contribution < -0.4 is 10.6 Å². The van der Waals surface area contributed by atoms with Gasteiger partial charge in [-0.05, 0) is 46.1 Å². The Kier molecular flexibility index (Phi) is 5.25. The molecule has 1 aliphatic carbocycles. The summed E-state index contributed by atoms with van der Waals surface area (Å²) in [7, 11) is 0. The van der Waals surface area contributed by atoms with E-state index < -0.39 is 5.60 Å². The summed E-state index contributed by atoms with van der Waals surface area (Å²) in [4.78, 5) is 11.5. The van der Waals surface area contributed by atoms with Crippen molar-refractivity contribution in [1.29, 1.82) is 0 Å². The lowest BCUT2D eigenvalue weighted by atomic mass is 10.0. The Bertz CT molecular complexity index is 248. The van der Waals surface area contributed by atoms with E-state index in [0.717, 1.165) is 6.54 Å². The van der Waals surface area contributed by atoms with Gasteiger partial charge in [0.2, 0.25) is 0 Å². The summed E-state index contributed by atoms with van der Waals surface area (Å²) in [5.74, 6) is 0.544. The summed E-state index contributed by atoms with van der Waals surface area (Å²) < 4.78 is 5.22. The zero-order chi connectivity index (χ0) is 12.9. The number of hydrogen-bond acceptors (Lipinski definition) is 3. The van der Waals surface area contributed by atoms with Gasteiger partial charge in [-0.3, -0.25) is 0 Å². The molecule has 0 spiro atoms. The van der Waals surface area contributed by atoms with Crippen LogP contribution in [0.4, 0.5) is 4.79 Å². The average molecular weight is 242 g/mol. The molecule has 2 N–H and O–H groups in total. The highest BCUT2D eigenvalue weighted by Crippen LogP contribution is 2.24. The van der Waals surface area contributed by atoms with Crippen LogP contribution in [0, 0.1) is 5.92 Å². The molecule has 0 saturated heterocycles. The van der Waals surface area contributed by atoms with E-state index in [4.69, 9.17) is 4.74 Å². The van der Waals surface area contributed by atoms with Gasteiger partial charge in [0.25, 0.3) is 0 Å². The number of nitrogens with one attached hydrogen (secondary N) is 2. The highest BCUT2D eigenvalue weighted by atomic mass is 16.6. The molecule has 4 nitrogen and oxygen atoms in total. The van der Waals surface area contributed by atoms with Crippen molar-refractivity contribution >= 4 is 6.09 Å². The second-order valence-corrected chi connectivity index (χ2v) is 5.74. The van der Waals surface area contributed by atoms with Crippen molar-refractivity contribution in [3.8, 4) is 0 Å². The van der Waals surface area contributed by atoms with Gasteiger partial charge in [-0.2, -0.15) is 0 Å².